The Kier molecular flexibility index (Phi) is 7.86. The molecule has 1 aromatic heterocycles. The highest BCUT2D eigenvalue weighted by Gasteiger charge is 2.38. The van der Waals surface area contributed by atoms with Gasteiger partial charge in [0, 0.05) is 17.1 Å². The molecule has 0 atom stereocenters. The summed E-state index contributed by atoms with van der Waals surface area (Å²) in [6.07, 6.45) is 1.47. The number of nitrogens with zero attached hydrogens (tertiary/aromatic N) is 1. The van der Waals surface area contributed by atoms with Crippen LogP contribution in [-0.2, 0) is 30.5 Å². The largest absolute Gasteiger partial charge is 0.462 e. The Balaban J connectivity index is 1.48. The van der Waals surface area contributed by atoms with Gasteiger partial charge in [0.25, 0.3) is 5.91 Å². The van der Waals surface area contributed by atoms with E-state index in [2.05, 4.69) is 10.6 Å². The SMILES string of the molecule is CCOC(=O)C1=C(C)N(c2ccccc2)C(=O)/C1=C/c1ccc(CNC(=O)C(=O)Nc2ccc(C)cc2)o1. The lowest BCUT2D eigenvalue weighted by molar-refractivity contribution is -0.138. The van der Waals surface area contributed by atoms with Crippen molar-refractivity contribution in [3.05, 3.63) is 101 Å². The molecule has 1 aliphatic heterocycles. The van der Waals surface area contributed by atoms with Crippen molar-refractivity contribution in [3.63, 3.8) is 0 Å². The number of para-hydroxylation sites is 1. The molecule has 9 heteroatoms. The molecule has 2 aromatic carbocycles. The molecule has 3 aromatic rings. The zero-order valence-electron chi connectivity index (χ0n) is 21.2. The van der Waals surface area contributed by atoms with E-state index in [1.165, 1.54) is 11.0 Å². The van der Waals surface area contributed by atoms with Crippen molar-refractivity contribution in [2.45, 2.75) is 27.3 Å². The van der Waals surface area contributed by atoms with Crippen LogP contribution < -0.4 is 15.5 Å². The number of benzene rings is 2. The average Bonchev–Trinajstić information content (AvgIpc) is 3.45. The molecule has 194 valence electrons. The van der Waals surface area contributed by atoms with Gasteiger partial charge in [0.1, 0.15) is 11.5 Å². The number of ether oxygens (including phenoxy) is 1. The maximum absolute atomic E-state index is 13.4. The smallest absolute Gasteiger partial charge is 0.340 e. The summed E-state index contributed by atoms with van der Waals surface area (Å²) in [6, 6.07) is 19.3. The quantitative estimate of drug-likeness (QED) is 0.279. The highest BCUT2D eigenvalue weighted by atomic mass is 16.5. The van der Waals surface area contributed by atoms with E-state index in [9.17, 15) is 19.2 Å². The van der Waals surface area contributed by atoms with Crippen LogP contribution >= 0.6 is 0 Å². The summed E-state index contributed by atoms with van der Waals surface area (Å²) < 4.78 is 11.0. The number of allylic oxidation sites excluding steroid dienone is 1. The predicted octanol–water partition coefficient (Wildman–Crippen LogP) is 4.11. The number of carbonyl (C=O) groups is 4. The Labute approximate surface area is 219 Å². The Hall–Kier alpha value is -4.92. The lowest BCUT2D eigenvalue weighted by atomic mass is 10.1. The first kappa shape index (κ1) is 26.2. The number of rotatable bonds is 7. The second-order valence-electron chi connectivity index (χ2n) is 8.52. The molecular formula is C29H27N3O6. The van der Waals surface area contributed by atoms with Crippen LogP contribution in [0, 0.1) is 6.92 Å². The first-order chi connectivity index (χ1) is 18.3. The van der Waals surface area contributed by atoms with Gasteiger partial charge in [-0.2, -0.15) is 0 Å². The van der Waals surface area contributed by atoms with Gasteiger partial charge in [0.05, 0.1) is 24.3 Å². The van der Waals surface area contributed by atoms with Crippen molar-refractivity contribution >= 4 is 41.1 Å². The van der Waals surface area contributed by atoms with E-state index < -0.39 is 23.7 Å². The lowest BCUT2D eigenvalue weighted by Crippen LogP contribution is -2.34. The third kappa shape index (κ3) is 5.73. The molecule has 0 bridgehead atoms. The van der Waals surface area contributed by atoms with Crippen molar-refractivity contribution in [1.29, 1.82) is 0 Å². The fourth-order valence-corrected chi connectivity index (χ4v) is 3.95. The van der Waals surface area contributed by atoms with Crippen LogP contribution in [0.1, 0.15) is 30.9 Å². The Bertz CT molecular complexity index is 1430. The van der Waals surface area contributed by atoms with Crippen LogP contribution in [0.4, 0.5) is 11.4 Å². The van der Waals surface area contributed by atoms with Crippen LogP contribution in [0.25, 0.3) is 6.08 Å². The Morgan fingerprint density at radius 2 is 1.66 bits per heavy atom. The number of hydrogen-bond donors (Lipinski definition) is 2. The van der Waals surface area contributed by atoms with Crippen molar-refractivity contribution in [1.82, 2.24) is 5.32 Å². The fraction of sp³-hybridized carbons (Fsp3) is 0.172. The average molecular weight is 514 g/mol. The minimum atomic E-state index is -0.825. The molecule has 0 radical (unpaired) electrons. The monoisotopic (exact) mass is 513 g/mol. The maximum Gasteiger partial charge on any atom is 0.340 e. The summed E-state index contributed by atoms with van der Waals surface area (Å²) in [6.45, 7) is 5.40. The first-order valence-corrected chi connectivity index (χ1v) is 12.0. The number of anilines is 2. The van der Waals surface area contributed by atoms with Gasteiger partial charge in [-0.25, -0.2) is 4.79 Å². The minimum absolute atomic E-state index is 0.0486. The summed E-state index contributed by atoms with van der Waals surface area (Å²) in [7, 11) is 0. The highest BCUT2D eigenvalue weighted by Crippen LogP contribution is 2.35. The van der Waals surface area contributed by atoms with E-state index in [1.54, 1.807) is 62.4 Å². The fourth-order valence-electron chi connectivity index (χ4n) is 3.95. The van der Waals surface area contributed by atoms with Crippen LogP contribution in [0.15, 0.2) is 88.0 Å². The molecule has 0 saturated heterocycles. The molecule has 3 amide bonds. The second-order valence-corrected chi connectivity index (χ2v) is 8.52. The van der Waals surface area contributed by atoms with Gasteiger partial charge in [-0.05, 0) is 63.2 Å². The van der Waals surface area contributed by atoms with Crippen LogP contribution in [-0.4, -0.2) is 30.3 Å². The molecule has 2 heterocycles. The third-order valence-electron chi connectivity index (χ3n) is 5.80. The molecule has 4 rings (SSSR count). The highest BCUT2D eigenvalue weighted by molar-refractivity contribution is 6.39. The number of furan rings is 1. The summed E-state index contributed by atoms with van der Waals surface area (Å²) in [5.41, 5.74) is 2.89. The molecule has 0 saturated carbocycles. The lowest BCUT2D eigenvalue weighted by Gasteiger charge is -2.17. The zero-order chi connectivity index (χ0) is 27.2. The van der Waals surface area contributed by atoms with Gasteiger partial charge in [0.15, 0.2) is 0 Å². The summed E-state index contributed by atoms with van der Waals surface area (Å²) in [5, 5.41) is 5.03. The van der Waals surface area contributed by atoms with Gasteiger partial charge < -0.3 is 19.8 Å². The van der Waals surface area contributed by atoms with Crippen molar-refractivity contribution in [3.8, 4) is 0 Å². The number of aryl methyl sites for hydroxylation is 1. The zero-order valence-corrected chi connectivity index (χ0v) is 21.2. The number of hydrogen-bond acceptors (Lipinski definition) is 6. The molecule has 0 aliphatic carbocycles. The summed E-state index contributed by atoms with van der Waals surface area (Å²) in [4.78, 5) is 52.0. The first-order valence-electron chi connectivity index (χ1n) is 12.0. The molecule has 9 nitrogen and oxygen atoms in total. The Morgan fingerprint density at radius 3 is 2.34 bits per heavy atom. The third-order valence-corrected chi connectivity index (χ3v) is 5.80. The molecule has 1 aliphatic rings. The maximum atomic E-state index is 13.4. The molecule has 0 spiro atoms. The topological polar surface area (TPSA) is 118 Å². The summed E-state index contributed by atoms with van der Waals surface area (Å²) >= 11 is 0. The van der Waals surface area contributed by atoms with Gasteiger partial charge in [-0.3, -0.25) is 19.3 Å². The van der Waals surface area contributed by atoms with E-state index in [0.29, 0.717) is 28.6 Å². The molecule has 38 heavy (non-hydrogen) atoms. The number of amides is 3. The number of esters is 1. The van der Waals surface area contributed by atoms with E-state index in [0.717, 1.165) is 5.56 Å². The van der Waals surface area contributed by atoms with Crippen LogP contribution in [0.5, 0.6) is 0 Å². The standard InChI is InChI=1S/C29H27N3O6/c1-4-37-29(36)25-19(3)32(21-8-6-5-7-9-21)28(35)24(25)16-22-14-15-23(38-22)17-30-26(33)27(34)31-20-12-10-18(2)11-13-20/h5-16H,4,17H2,1-3H3,(H,30,33)(H,31,34)/b24-16+. The van der Waals surface area contributed by atoms with Gasteiger partial charge in [-0.1, -0.05) is 35.9 Å². The van der Waals surface area contributed by atoms with Gasteiger partial charge >= 0.3 is 17.8 Å². The predicted molar refractivity (Wildman–Crippen MR) is 142 cm³/mol. The van der Waals surface area contributed by atoms with E-state index in [-0.39, 0.29) is 24.3 Å². The van der Waals surface area contributed by atoms with Gasteiger partial charge in [0.2, 0.25) is 0 Å². The minimum Gasteiger partial charge on any atom is -0.462 e. The molecule has 2 N–H and O–H groups in total. The van der Waals surface area contributed by atoms with E-state index in [1.807, 2.05) is 25.1 Å². The van der Waals surface area contributed by atoms with Crippen molar-refractivity contribution in [2.24, 2.45) is 0 Å². The summed E-state index contributed by atoms with van der Waals surface area (Å²) in [5.74, 6) is -1.98. The van der Waals surface area contributed by atoms with E-state index >= 15 is 0 Å². The van der Waals surface area contributed by atoms with Crippen LogP contribution in [0.3, 0.4) is 0 Å². The molecule has 0 unspecified atom stereocenters. The second kappa shape index (κ2) is 11.4. The van der Waals surface area contributed by atoms with E-state index in [4.69, 9.17) is 9.15 Å². The number of nitrogens with one attached hydrogen (secondary N) is 2. The number of carbonyl (C=O) groups excluding carboxylic acids is 4. The Morgan fingerprint density at radius 1 is 0.947 bits per heavy atom. The van der Waals surface area contributed by atoms with Crippen molar-refractivity contribution < 1.29 is 28.3 Å². The van der Waals surface area contributed by atoms with Gasteiger partial charge in [-0.15, -0.1) is 0 Å². The molecular weight excluding hydrogens is 486 g/mol. The normalized spacial score (nSPS) is 14.1. The van der Waals surface area contributed by atoms with Crippen molar-refractivity contribution in [2.75, 3.05) is 16.8 Å². The van der Waals surface area contributed by atoms with Crippen LogP contribution in [0.2, 0.25) is 0 Å². The molecule has 0 fully saturated rings.